The van der Waals surface area contributed by atoms with Gasteiger partial charge in [-0.3, -0.25) is 4.98 Å². The number of nitrogens with zero attached hydrogens (tertiary/aromatic N) is 3. The lowest BCUT2D eigenvalue weighted by atomic mass is 9.98. The third kappa shape index (κ3) is 2.02. The van der Waals surface area contributed by atoms with Gasteiger partial charge in [-0.15, -0.1) is 0 Å². The summed E-state index contributed by atoms with van der Waals surface area (Å²) in [4.78, 5) is 4.13. The van der Waals surface area contributed by atoms with Crippen LogP contribution in [0.3, 0.4) is 0 Å². The second-order valence-electron chi connectivity index (χ2n) is 4.73. The molecule has 0 saturated heterocycles. The van der Waals surface area contributed by atoms with Crippen LogP contribution in [0, 0.1) is 6.92 Å². The van der Waals surface area contributed by atoms with Crippen molar-refractivity contribution in [3.8, 4) is 5.75 Å². The number of hydrogen-bond acceptors (Lipinski definition) is 4. The summed E-state index contributed by atoms with van der Waals surface area (Å²) < 4.78 is 7.18. The maximum atomic E-state index is 6.41. The summed E-state index contributed by atoms with van der Waals surface area (Å²) in [5.74, 6) is 0.784. The van der Waals surface area contributed by atoms with Gasteiger partial charge in [-0.1, -0.05) is 17.7 Å². The van der Waals surface area contributed by atoms with Crippen molar-refractivity contribution in [1.82, 2.24) is 14.6 Å². The number of benzene rings is 1. The molecule has 0 fully saturated rings. The van der Waals surface area contributed by atoms with Gasteiger partial charge in [0.2, 0.25) is 0 Å². The molecular formula is C15H16N4O. The van der Waals surface area contributed by atoms with Crippen molar-refractivity contribution in [2.75, 3.05) is 7.11 Å². The quantitative estimate of drug-likeness (QED) is 0.790. The Kier molecular flexibility index (Phi) is 3.12. The number of nitrogens with two attached hydrogens (primary N) is 1. The number of aromatic nitrogens is 3. The Balaban J connectivity index is 2.13. The van der Waals surface area contributed by atoms with Gasteiger partial charge in [-0.05, 0) is 13.0 Å². The Bertz CT molecular complexity index is 750. The molecule has 3 aromatic rings. The molecule has 2 aromatic heterocycles. The topological polar surface area (TPSA) is 65.4 Å². The minimum absolute atomic E-state index is 0.299. The van der Waals surface area contributed by atoms with E-state index in [1.807, 2.05) is 25.1 Å². The summed E-state index contributed by atoms with van der Waals surface area (Å²) in [7, 11) is 1.65. The van der Waals surface area contributed by atoms with E-state index in [2.05, 4.69) is 10.1 Å². The molecule has 0 bridgehead atoms. The molecule has 1 atom stereocenters. The van der Waals surface area contributed by atoms with E-state index in [1.54, 1.807) is 36.4 Å². The van der Waals surface area contributed by atoms with Crippen LogP contribution >= 0.6 is 0 Å². The van der Waals surface area contributed by atoms with Gasteiger partial charge in [-0.25, -0.2) is 4.52 Å². The van der Waals surface area contributed by atoms with Gasteiger partial charge in [-0.2, -0.15) is 5.10 Å². The van der Waals surface area contributed by atoms with Crippen molar-refractivity contribution < 1.29 is 4.74 Å². The van der Waals surface area contributed by atoms with Gasteiger partial charge >= 0.3 is 0 Å². The molecule has 1 aromatic carbocycles. The lowest BCUT2D eigenvalue weighted by molar-refractivity contribution is 0.408. The molecule has 102 valence electrons. The summed E-state index contributed by atoms with van der Waals surface area (Å²) in [6.07, 6.45) is 7.05. The molecule has 0 radical (unpaired) electrons. The van der Waals surface area contributed by atoms with E-state index in [0.29, 0.717) is 0 Å². The summed E-state index contributed by atoms with van der Waals surface area (Å²) in [5, 5.41) is 4.30. The van der Waals surface area contributed by atoms with Gasteiger partial charge in [0.05, 0.1) is 31.1 Å². The summed E-state index contributed by atoms with van der Waals surface area (Å²) in [6.45, 7) is 2.04. The molecule has 0 amide bonds. The highest BCUT2D eigenvalue weighted by atomic mass is 16.5. The third-order valence-electron chi connectivity index (χ3n) is 3.41. The predicted octanol–water partition coefficient (Wildman–Crippen LogP) is 2.09. The van der Waals surface area contributed by atoms with Crippen molar-refractivity contribution >= 4 is 5.52 Å². The Morgan fingerprint density at radius 3 is 2.90 bits per heavy atom. The average molecular weight is 268 g/mol. The van der Waals surface area contributed by atoms with Crippen LogP contribution in [0.1, 0.15) is 22.7 Å². The Hall–Kier alpha value is -2.40. The average Bonchev–Trinajstić information content (AvgIpc) is 2.90. The molecule has 5 heteroatoms. The van der Waals surface area contributed by atoms with E-state index in [-0.39, 0.29) is 6.04 Å². The standard InChI is InChI=1S/C15H16N4O/c1-10-3-4-14(20-2)11(7-10)15(16)12-8-18-19-6-5-17-9-13(12)19/h3-9,15H,16H2,1-2H3. The molecule has 0 aliphatic carbocycles. The molecule has 0 aliphatic rings. The fourth-order valence-corrected chi connectivity index (χ4v) is 2.36. The summed E-state index contributed by atoms with van der Waals surface area (Å²) in [5.41, 5.74) is 10.3. The van der Waals surface area contributed by atoms with Crippen LogP contribution in [0.2, 0.25) is 0 Å². The normalized spacial score (nSPS) is 12.6. The van der Waals surface area contributed by atoms with Crippen LogP contribution in [-0.4, -0.2) is 21.7 Å². The highest BCUT2D eigenvalue weighted by Gasteiger charge is 2.18. The largest absolute Gasteiger partial charge is 0.496 e. The van der Waals surface area contributed by atoms with Crippen LogP contribution in [0.5, 0.6) is 5.75 Å². The first kappa shape index (κ1) is 12.6. The Morgan fingerprint density at radius 2 is 2.10 bits per heavy atom. The van der Waals surface area contributed by atoms with Crippen molar-refractivity contribution in [1.29, 1.82) is 0 Å². The molecular weight excluding hydrogens is 252 g/mol. The van der Waals surface area contributed by atoms with Gasteiger partial charge in [0, 0.05) is 23.5 Å². The van der Waals surface area contributed by atoms with Gasteiger partial charge in [0.15, 0.2) is 0 Å². The molecule has 0 spiro atoms. The fraction of sp³-hybridized carbons (Fsp3) is 0.200. The SMILES string of the molecule is COc1ccc(C)cc1C(N)c1cnn2ccncc12. The van der Waals surface area contributed by atoms with E-state index in [0.717, 1.165) is 28.0 Å². The van der Waals surface area contributed by atoms with Crippen LogP contribution in [0.15, 0.2) is 43.0 Å². The van der Waals surface area contributed by atoms with Crippen molar-refractivity contribution in [2.45, 2.75) is 13.0 Å². The van der Waals surface area contributed by atoms with E-state index >= 15 is 0 Å². The first-order chi connectivity index (χ1) is 9.70. The molecule has 2 N–H and O–H groups in total. The van der Waals surface area contributed by atoms with Crippen LogP contribution in [0.25, 0.3) is 5.52 Å². The van der Waals surface area contributed by atoms with Gasteiger partial charge in [0.1, 0.15) is 5.75 Å². The van der Waals surface area contributed by atoms with Crippen molar-refractivity contribution in [3.63, 3.8) is 0 Å². The molecule has 20 heavy (non-hydrogen) atoms. The first-order valence-corrected chi connectivity index (χ1v) is 6.38. The predicted molar refractivity (Wildman–Crippen MR) is 76.7 cm³/mol. The number of aryl methyl sites for hydroxylation is 1. The third-order valence-corrected chi connectivity index (χ3v) is 3.41. The lowest BCUT2D eigenvalue weighted by Gasteiger charge is -2.15. The zero-order valence-corrected chi connectivity index (χ0v) is 11.4. The number of hydrogen-bond donors (Lipinski definition) is 1. The Morgan fingerprint density at radius 1 is 1.25 bits per heavy atom. The minimum Gasteiger partial charge on any atom is -0.496 e. The van der Waals surface area contributed by atoms with Crippen LogP contribution in [-0.2, 0) is 0 Å². The molecule has 1 unspecified atom stereocenters. The van der Waals surface area contributed by atoms with E-state index in [9.17, 15) is 0 Å². The highest BCUT2D eigenvalue weighted by Crippen LogP contribution is 2.30. The number of fused-ring (bicyclic) bond motifs is 1. The second kappa shape index (κ2) is 4.94. The number of rotatable bonds is 3. The maximum absolute atomic E-state index is 6.41. The smallest absolute Gasteiger partial charge is 0.123 e. The van der Waals surface area contributed by atoms with Gasteiger partial charge < -0.3 is 10.5 Å². The molecule has 0 saturated carbocycles. The fourth-order valence-electron chi connectivity index (χ4n) is 2.36. The maximum Gasteiger partial charge on any atom is 0.123 e. The first-order valence-electron chi connectivity index (χ1n) is 6.38. The molecule has 5 nitrogen and oxygen atoms in total. The lowest BCUT2D eigenvalue weighted by Crippen LogP contribution is -2.13. The van der Waals surface area contributed by atoms with Crippen molar-refractivity contribution in [3.05, 3.63) is 59.7 Å². The van der Waals surface area contributed by atoms with Crippen LogP contribution in [0.4, 0.5) is 0 Å². The van der Waals surface area contributed by atoms with E-state index in [1.165, 1.54) is 0 Å². The summed E-state index contributed by atoms with van der Waals surface area (Å²) >= 11 is 0. The molecule has 0 aliphatic heterocycles. The van der Waals surface area contributed by atoms with E-state index < -0.39 is 0 Å². The molecule has 2 heterocycles. The Labute approximate surface area is 117 Å². The zero-order chi connectivity index (χ0) is 14.1. The van der Waals surface area contributed by atoms with Crippen LogP contribution < -0.4 is 10.5 Å². The van der Waals surface area contributed by atoms with Gasteiger partial charge in [0.25, 0.3) is 0 Å². The number of ether oxygens (including phenoxy) is 1. The number of methoxy groups -OCH3 is 1. The highest BCUT2D eigenvalue weighted by molar-refractivity contribution is 5.57. The summed E-state index contributed by atoms with van der Waals surface area (Å²) in [6, 6.07) is 5.69. The zero-order valence-electron chi connectivity index (χ0n) is 11.4. The van der Waals surface area contributed by atoms with Crippen molar-refractivity contribution in [2.24, 2.45) is 5.73 Å². The second-order valence-corrected chi connectivity index (χ2v) is 4.73. The molecule has 3 rings (SSSR count). The van der Waals surface area contributed by atoms with E-state index in [4.69, 9.17) is 10.5 Å². The minimum atomic E-state index is -0.299. The monoisotopic (exact) mass is 268 g/mol.